The molecule has 0 bridgehead atoms. The van der Waals surface area contributed by atoms with Gasteiger partial charge in [0.05, 0.1) is 5.69 Å². The number of aromatic nitrogens is 4. The van der Waals surface area contributed by atoms with Crippen LogP contribution in [0.3, 0.4) is 0 Å². The van der Waals surface area contributed by atoms with Gasteiger partial charge in [-0.05, 0) is 63.0 Å². The molecule has 0 N–H and O–H groups in total. The van der Waals surface area contributed by atoms with Gasteiger partial charge >= 0.3 is 0 Å². The Morgan fingerprint density at radius 2 is 1.89 bits per heavy atom. The number of carbonyl (C=O) groups is 1. The maximum absolute atomic E-state index is 13.9. The zero-order chi connectivity index (χ0) is 26.3. The highest BCUT2D eigenvalue weighted by atomic mass is 32.1. The first-order valence-electron chi connectivity index (χ1n) is 13.8. The fourth-order valence-corrected chi connectivity index (χ4v) is 6.49. The van der Waals surface area contributed by atoms with Gasteiger partial charge in [-0.25, -0.2) is 4.98 Å². The molecule has 1 aliphatic heterocycles. The number of rotatable bonds is 9. The summed E-state index contributed by atoms with van der Waals surface area (Å²) in [5.41, 5.74) is 4.90. The molecule has 1 aliphatic carbocycles. The molecule has 5 rings (SSSR count). The zero-order valence-electron chi connectivity index (χ0n) is 23.3. The van der Waals surface area contributed by atoms with E-state index in [0.717, 1.165) is 53.8 Å². The number of anilines is 1. The molecule has 2 aliphatic rings. The fraction of sp³-hybridized carbons (Fsp3) is 0.600. The molecule has 6 nitrogen and oxygen atoms in total. The van der Waals surface area contributed by atoms with Crippen molar-refractivity contribution in [3.8, 4) is 0 Å². The molecule has 1 saturated carbocycles. The van der Waals surface area contributed by atoms with E-state index >= 15 is 0 Å². The van der Waals surface area contributed by atoms with Gasteiger partial charge in [-0.1, -0.05) is 44.5 Å². The number of benzene rings is 1. The Morgan fingerprint density at radius 1 is 1.11 bits per heavy atom. The van der Waals surface area contributed by atoms with Gasteiger partial charge < -0.3 is 9.47 Å². The second-order valence-corrected chi connectivity index (χ2v) is 13.3. The minimum Gasteiger partial charge on any atom is -0.347 e. The van der Waals surface area contributed by atoms with E-state index < -0.39 is 0 Å². The number of carbonyl (C=O) groups excluding carboxylic acids is 1. The van der Waals surface area contributed by atoms with Gasteiger partial charge in [0.15, 0.2) is 5.13 Å². The van der Waals surface area contributed by atoms with Gasteiger partial charge in [0, 0.05) is 49.2 Å². The van der Waals surface area contributed by atoms with Crippen molar-refractivity contribution >= 4 is 22.3 Å². The number of Topliss-reactive ketones (excluding diaryl/α,β-unsaturated/α-hetero) is 1. The van der Waals surface area contributed by atoms with E-state index in [2.05, 4.69) is 67.7 Å². The maximum atomic E-state index is 13.9. The molecule has 0 amide bonds. The van der Waals surface area contributed by atoms with Crippen LogP contribution in [-0.4, -0.2) is 38.6 Å². The summed E-state index contributed by atoms with van der Waals surface area (Å²) in [6, 6.07) is 6.89. The molecule has 198 valence electrons. The summed E-state index contributed by atoms with van der Waals surface area (Å²) < 4.78 is 2.42. The molecule has 7 heteroatoms. The number of hydrogen-bond acceptors (Lipinski definition) is 6. The lowest BCUT2D eigenvalue weighted by atomic mass is 9.87. The van der Waals surface area contributed by atoms with Crippen LogP contribution in [0.15, 0.2) is 23.6 Å². The normalized spacial score (nSPS) is 20.1. The Morgan fingerprint density at radius 3 is 2.54 bits per heavy atom. The van der Waals surface area contributed by atoms with Crippen LogP contribution in [0.5, 0.6) is 0 Å². The first-order valence-corrected chi connectivity index (χ1v) is 14.7. The van der Waals surface area contributed by atoms with E-state index in [-0.39, 0.29) is 11.8 Å². The topological polar surface area (TPSA) is 63.9 Å². The van der Waals surface area contributed by atoms with Gasteiger partial charge in [0.25, 0.3) is 0 Å². The SMILES string of the molecule is Cc1ccc(CC(=O)[C@H]2CN(c3nc(C)cs3)C[C@@H]2c2nnc(CCCC(C)(C)C)n2C2CC2)c(C)c1. The van der Waals surface area contributed by atoms with Crippen molar-refractivity contribution in [1.82, 2.24) is 19.7 Å². The molecule has 2 fully saturated rings. The Bertz CT molecular complexity index is 1270. The van der Waals surface area contributed by atoms with E-state index in [1.165, 1.54) is 24.0 Å². The fourth-order valence-electron chi connectivity index (χ4n) is 5.67. The largest absolute Gasteiger partial charge is 0.347 e. The lowest BCUT2D eigenvalue weighted by molar-refractivity contribution is -0.122. The van der Waals surface area contributed by atoms with E-state index in [0.29, 0.717) is 30.2 Å². The van der Waals surface area contributed by atoms with Crippen molar-refractivity contribution in [2.24, 2.45) is 11.3 Å². The van der Waals surface area contributed by atoms with Crippen molar-refractivity contribution in [2.75, 3.05) is 18.0 Å². The molecule has 2 atom stereocenters. The van der Waals surface area contributed by atoms with Crippen molar-refractivity contribution in [1.29, 1.82) is 0 Å². The summed E-state index contributed by atoms with van der Waals surface area (Å²) in [7, 11) is 0. The monoisotopic (exact) mass is 519 g/mol. The average Bonchev–Trinajstić information content (AvgIpc) is 3.21. The van der Waals surface area contributed by atoms with E-state index in [9.17, 15) is 4.79 Å². The zero-order valence-corrected chi connectivity index (χ0v) is 24.1. The van der Waals surface area contributed by atoms with Gasteiger partial charge in [-0.15, -0.1) is 21.5 Å². The minimum absolute atomic E-state index is 0.0342. The highest BCUT2D eigenvalue weighted by Crippen LogP contribution is 2.43. The van der Waals surface area contributed by atoms with Crippen LogP contribution in [0.25, 0.3) is 0 Å². The first kappa shape index (κ1) is 26.1. The second-order valence-electron chi connectivity index (χ2n) is 12.5. The smallest absolute Gasteiger partial charge is 0.185 e. The molecular formula is C30H41N5OS. The Hall–Kier alpha value is -2.54. The number of thiazole rings is 1. The number of nitrogens with zero attached hydrogens (tertiary/aromatic N) is 5. The van der Waals surface area contributed by atoms with Crippen LogP contribution in [0.4, 0.5) is 5.13 Å². The third-order valence-electron chi connectivity index (χ3n) is 7.84. The lowest BCUT2D eigenvalue weighted by Crippen LogP contribution is -2.26. The molecule has 1 saturated heterocycles. The molecule has 0 unspecified atom stereocenters. The predicted molar refractivity (Wildman–Crippen MR) is 151 cm³/mol. The summed E-state index contributed by atoms with van der Waals surface area (Å²) in [4.78, 5) is 21.0. The summed E-state index contributed by atoms with van der Waals surface area (Å²) in [5.74, 6) is 2.34. The number of aryl methyl sites for hydroxylation is 4. The third-order valence-corrected chi connectivity index (χ3v) is 8.86. The Kier molecular flexibility index (Phi) is 7.27. The highest BCUT2D eigenvalue weighted by Gasteiger charge is 2.43. The number of ketones is 1. The molecular weight excluding hydrogens is 478 g/mol. The second kappa shape index (κ2) is 10.3. The van der Waals surface area contributed by atoms with Crippen LogP contribution < -0.4 is 4.90 Å². The quantitative estimate of drug-likeness (QED) is 0.327. The van der Waals surface area contributed by atoms with E-state index in [4.69, 9.17) is 15.2 Å². The van der Waals surface area contributed by atoms with Crippen LogP contribution >= 0.6 is 11.3 Å². The summed E-state index contributed by atoms with van der Waals surface area (Å²) in [6.45, 7) is 14.6. The van der Waals surface area contributed by atoms with Gasteiger partial charge in [-0.2, -0.15) is 0 Å². The van der Waals surface area contributed by atoms with Crippen molar-refractivity contribution in [3.05, 3.63) is 57.6 Å². The molecule has 3 heterocycles. The first-order chi connectivity index (χ1) is 17.6. The predicted octanol–water partition coefficient (Wildman–Crippen LogP) is 6.40. The standard InChI is InChI=1S/C30H41N5OS/c1-19-9-10-22(20(2)14-19)15-26(36)24-16-34(29-31-21(3)18-37-29)17-25(24)28-33-32-27(35(28)23-11-12-23)8-7-13-30(4,5)6/h9-10,14,18,23-25H,7-8,11-13,15-17H2,1-6H3/t24-,25-/m0/s1. The molecule has 37 heavy (non-hydrogen) atoms. The molecule has 1 aromatic carbocycles. The maximum Gasteiger partial charge on any atom is 0.185 e. The van der Waals surface area contributed by atoms with Gasteiger partial charge in [-0.3, -0.25) is 4.79 Å². The Labute approximate surface area is 225 Å². The van der Waals surface area contributed by atoms with Crippen LogP contribution in [0, 0.1) is 32.1 Å². The van der Waals surface area contributed by atoms with Gasteiger partial charge in [0.1, 0.15) is 17.4 Å². The van der Waals surface area contributed by atoms with Crippen LogP contribution in [0.1, 0.15) is 92.4 Å². The van der Waals surface area contributed by atoms with Crippen LogP contribution in [-0.2, 0) is 17.6 Å². The summed E-state index contributed by atoms with van der Waals surface area (Å²) >= 11 is 1.67. The van der Waals surface area contributed by atoms with E-state index in [1.807, 2.05) is 6.92 Å². The molecule has 2 aromatic heterocycles. The Balaban J connectivity index is 1.43. The van der Waals surface area contributed by atoms with Gasteiger partial charge in [0.2, 0.25) is 0 Å². The van der Waals surface area contributed by atoms with Crippen molar-refractivity contribution in [3.63, 3.8) is 0 Å². The third kappa shape index (κ3) is 5.97. The summed E-state index contributed by atoms with van der Waals surface area (Å²) in [6.07, 6.45) is 6.05. The van der Waals surface area contributed by atoms with Crippen molar-refractivity contribution < 1.29 is 4.79 Å². The molecule has 0 radical (unpaired) electrons. The molecule has 0 spiro atoms. The number of hydrogen-bond donors (Lipinski definition) is 0. The van der Waals surface area contributed by atoms with Crippen LogP contribution in [0.2, 0.25) is 0 Å². The van der Waals surface area contributed by atoms with E-state index in [1.54, 1.807) is 11.3 Å². The van der Waals surface area contributed by atoms with Crippen molar-refractivity contribution in [2.45, 2.75) is 92.0 Å². The lowest BCUT2D eigenvalue weighted by Gasteiger charge is -2.20. The summed E-state index contributed by atoms with van der Waals surface area (Å²) in [5, 5.41) is 12.6. The minimum atomic E-state index is -0.117. The molecule has 3 aromatic rings. The average molecular weight is 520 g/mol. The highest BCUT2D eigenvalue weighted by molar-refractivity contribution is 7.13.